The Morgan fingerprint density at radius 2 is 1.67 bits per heavy atom. The molecule has 3 rings (SSSR count). The Morgan fingerprint density at radius 3 is 2.33 bits per heavy atom. The number of pyridine rings is 1. The molecule has 2 aromatic carbocycles. The first-order chi connectivity index (χ1) is 14.5. The minimum Gasteiger partial charge on any atom is -0.504 e. The largest absolute Gasteiger partial charge is 0.504 e. The van der Waals surface area contributed by atoms with Crippen LogP contribution in [0.3, 0.4) is 0 Å². The summed E-state index contributed by atoms with van der Waals surface area (Å²) in [4.78, 5) is 28.3. The molecule has 154 valence electrons. The van der Waals surface area contributed by atoms with Gasteiger partial charge in [0.05, 0.1) is 17.5 Å². The van der Waals surface area contributed by atoms with E-state index >= 15 is 0 Å². The predicted molar refractivity (Wildman–Crippen MR) is 118 cm³/mol. The molecule has 0 unspecified atom stereocenters. The summed E-state index contributed by atoms with van der Waals surface area (Å²) in [7, 11) is 0. The average molecular weight is 468 g/mol. The molecule has 1 aromatic heterocycles. The molecule has 0 saturated carbocycles. The Hall–Kier alpha value is -2.99. The molecule has 0 saturated heterocycles. The number of ketones is 1. The van der Waals surface area contributed by atoms with Crippen molar-refractivity contribution in [1.29, 1.82) is 0 Å². The topological polar surface area (TPSA) is 76.5 Å². The molecule has 0 fully saturated rings. The van der Waals surface area contributed by atoms with Gasteiger partial charge in [-0.05, 0) is 45.6 Å². The van der Waals surface area contributed by atoms with Gasteiger partial charge in [-0.1, -0.05) is 54.6 Å². The second kappa shape index (κ2) is 10.2. The Bertz CT molecular complexity index is 1030. The first kappa shape index (κ1) is 21.7. The van der Waals surface area contributed by atoms with Gasteiger partial charge in [0.1, 0.15) is 5.69 Å². The highest BCUT2D eigenvalue weighted by molar-refractivity contribution is 9.10. The van der Waals surface area contributed by atoms with Crippen LogP contribution in [0, 0.1) is 0 Å². The SMILES string of the molecule is CCOC(=O)CCC(=O)c1nc(Cc2ccc(-c3ccccc3)cc2)cc(Br)c1O. The maximum absolute atomic E-state index is 12.5. The van der Waals surface area contributed by atoms with E-state index in [1.165, 1.54) is 0 Å². The van der Waals surface area contributed by atoms with Crippen molar-refractivity contribution < 1.29 is 19.4 Å². The first-order valence-electron chi connectivity index (χ1n) is 9.69. The lowest BCUT2D eigenvalue weighted by atomic mass is 10.0. The molecule has 1 heterocycles. The summed E-state index contributed by atoms with van der Waals surface area (Å²) in [6, 6.07) is 19.9. The maximum Gasteiger partial charge on any atom is 0.306 e. The fourth-order valence-electron chi connectivity index (χ4n) is 3.06. The van der Waals surface area contributed by atoms with E-state index in [0.717, 1.165) is 16.7 Å². The van der Waals surface area contributed by atoms with Crippen LogP contribution in [-0.2, 0) is 16.0 Å². The number of carbonyl (C=O) groups excluding carboxylic acids is 2. The van der Waals surface area contributed by atoms with E-state index in [4.69, 9.17) is 4.74 Å². The molecule has 5 nitrogen and oxygen atoms in total. The molecule has 3 aromatic rings. The Kier molecular flexibility index (Phi) is 7.36. The minimum absolute atomic E-state index is 0.0374. The van der Waals surface area contributed by atoms with Crippen molar-refractivity contribution in [3.63, 3.8) is 0 Å². The summed E-state index contributed by atoms with van der Waals surface area (Å²) in [5.74, 6) is -1.06. The normalized spacial score (nSPS) is 10.6. The maximum atomic E-state index is 12.5. The molecule has 0 radical (unpaired) electrons. The number of benzene rings is 2. The molecule has 0 amide bonds. The smallest absolute Gasteiger partial charge is 0.306 e. The van der Waals surface area contributed by atoms with Gasteiger partial charge in [0.15, 0.2) is 11.5 Å². The third-order valence-corrected chi connectivity index (χ3v) is 5.18. The molecule has 0 spiro atoms. The number of Topliss-reactive ketones (excluding diaryl/α,β-unsaturated/α-hetero) is 1. The van der Waals surface area contributed by atoms with Crippen LogP contribution in [0.25, 0.3) is 11.1 Å². The highest BCUT2D eigenvalue weighted by Crippen LogP contribution is 2.29. The monoisotopic (exact) mass is 467 g/mol. The van der Waals surface area contributed by atoms with E-state index in [1.807, 2.05) is 42.5 Å². The van der Waals surface area contributed by atoms with Gasteiger partial charge in [0.2, 0.25) is 0 Å². The van der Waals surface area contributed by atoms with Crippen LogP contribution in [-0.4, -0.2) is 28.4 Å². The number of nitrogens with zero attached hydrogens (tertiary/aromatic N) is 1. The molecule has 0 aliphatic carbocycles. The molecule has 0 aliphatic rings. The summed E-state index contributed by atoms with van der Waals surface area (Å²) >= 11 is 3.29. The fourth-order valence-corrected chi connectivity index (χ4v) is 3.52. The lowest BCUT2D eigenvalue weighted by Crippen LogP contribution is -2.10. The number of esters is 1. The van der Waals surface area contributed by atoms with Gasteiger partial charge in [-0.25, -0.2) is 4.98 Å². The van der Waals surface area contributed by atoms with Crippen LogP contribution >= 0.6 is 15.9 Å². The molecule has 6 heteroatoms. The molecule has 0 bridgehead atoms. The van der Waals surface area contributed by atoms with Gasteiger partial charge in [-0.3, -0.25) is 9.59 Å². The summed E-state index contributed by atoms with van der Waals surface area (Å²) in [5, 5.41) is 10.2. The zero-order valence-corrected chi connectivity index (χ0v) is 18.2. The Balaban J connectivity index is 1.75. The second-order valence-corrected chi connectivity index (χ2v) is 7.61. The van der Waals surface area contributed by atoms with Crippen LogP contribution in [0.1, 0.15) is 41.5 Å². The van der Waals surface area contributed by atoms with Gasteiger partial charge in [0.25, 0.3) is 0 Å². The number of aromatic nitrogens is 1. The third kappa shape index (κ3) is 5.54. The van der Waals surface area contributed by atoms with Crippen LogP contribution in [0.4, 0.5) is 0 Å². The number of hydrogen-bond donors (Lipinski definition) is 1. The van der Waals surface area contributed by atoms with Crippen molar-refractivity contribution in [1.82, 2.24) is 4.98 Å². The first-order valence-corrected chi connectivity index (χ1v) is 10.5. The number of aromatic hydroxyl groups is 1. The van der Waals surface area contributed by atoms with Crippen molar-refractivity contribution in [3.05, 3.63) is 82.1 Å². The van der Waals surface area contributed by atoms with E-state index in [9.17, 15) is 14.7 Å². The zero-order chi connectivity index (χ0) is 21.5. The average Bonchev–Trinajstić information content (AvgIpc) is 2.76. The van der Waals surface area contributed by atoms with Gasteiger partial charge in [-0.15, -0.1) is 0 Å². The van der Waals surface area contributed by atoms with Crippen LogP contribution in [0.5, 0.6) is 5.75 Å². The van der Waals surface area contributed by atoms with E-state index in [1.54, 1.807) is 13.0 Å². The number of halogens is 1. The van der Waals surface area contributed by atoms with E-state index < -0.39 is 11.8 Å². The van der Waals surface area contributed by atoms with Gasteiger partial charge in [-0.2, -0.15) is 0 Å². The number of ether oxygens (including phenoxy) is 1. The summed E-state index contributed by atoms with van der Waals surface area (Å²) in [6.07, 6.45) is 0.393. The number of hydrogen-bond acceptors (Lipinski definition) is 5. The highest BCUT2D eigenvalue weighted by Gasteiger charge is 2.19. The van der Waals surface area contributed by atoms with E-state index in [2.05, 4.69) is 33.0 Å². The van der Waals surface area contributed by atoms with Crippen LogP contribution in [0.2, 0.25) is 0 Å². The highest BCUT2D eigenvalue weighted by atomic mass is 79.9. The van der Waals surface area contributed by atoms with Gasteiger partial charge in [0, 0.05) is 18.5 Å². The quantitative estimate of drug-likeness (QED) is 0.357. The van der Waals surface area contributed by atoms with Crippen molar-refractivity contribution >= 4 is 27.7 Å². The van der Waals surface area contributed by atoms with E-state index in [-0.39, 0.29) is 30.9 Å². The third-order valence-electron chi connectivity index (χ3n) is 4.57. The molecule has 1 N–H and O–H groups in total. The second-order valence-electron chi connectivity index (χ2n) is 6.76. The number of carbonyl (C=O) groups is 2. The molecular weight excluding hydrogens is 446 g/mol. The molecular formula is C24H22BrNO4. The zero-order valence-electron chi connectivity index (χ0n) is 16.6. The lowest BCUT2D eigenvalue weighted by molar-refractivity contribution is -0.143. The van der Waals surface area contributed by atoms with Crippen molar-refractivity contribution in [2.24, 2.45) is 0 Å². The lowest BCUT2D eigenvalue weighted by Gasteiger charge is -2.09. The standard InChI is InChI=1S/C24H22BrNO4/c1-2-30-22(28)13-12-21(27)23-24(29)20(25)15-19(26-23)14-16-8-10-18(11-9-16)17-6-4-3-5-7-17/h3-11,15,29H,2,12-14H2,1H3. The van der Waals surface area contributed by atoms with Crippen molar-refractivity contribution in [2.75, 3.05) is 6.61 Å². The molecule has 30 heavy (non-hydrogen) atoms. The predicted octanol–water partition coefficient (Wildman–Crippen LogP) is 5.33. The summed E-state index contributed by atoms with van der Waals surface area (Å²) in [5.41, 5.74) is 3.90. The Morgan fingerprint density at radius 1 is 1.00 bits per heavy atom. The minimum atomic E-state index is -0.445. The van der Waals surface area contributed by atoms with Crippen LogP contribution < -0.4 is 0 Å². The van der Waals surface area contributed by atoms with Crippen molar-refractivity contribution in [3.8, 4) is 16.9 Å². The summed E-state index contributed by atoms with van der Waals surface area (Å²) < 4.78 is 5.24. The molecule has 0 atom stereocenters. The van der Waals surface area contributed by atoms with Gasteiger partial charge < -0.3 is 9.84 Å². The van der Waals surface area contributed by atoms with E-state index in [0.29, 0.717) is 16.6 Å². The van der Waals surface area contributed by atoms with Gasteiger partial charge >= 0.3 is 5.97 Å². The Labute approximate surface area is 183 Å². The van der Waals surface area contributed by atoms with Crippen LogP contribution in [0.15, 0.2) is 65.1 Å². The molecule has 0 aliphatic heterocycles. The fraction of sp³-hybridized carbons (Fsp3) is 0.208. The summed E-state index contributed by atoms with van der Waals surface area (Å²) in [6.45, 7) is 1.97. The van der Waals surface area contributed by atoms with Crippen molar-refractivity contribution in [2.45, 2.75) is 26.2 Å². The number of rotatable bonds is 8.